The van der Waals surface area contributed by atoms with Crippen molar-refractivity contribution in [1.29, 1.82) is 0 Å². The molecule has 0 radical (unpaired) electrons. The number of thiophene rings is 1. The second-order valence-electron chi connectivity index (χ2n) is 3.85. The molecule has 0 saturated carbocycles. The summed E-state index contributed by atoms with van der Waals surface area (Å²) in [6, 6.07) is 3.23. The van der Waals surface area contributed by atoms with Crippen LogP contribution in [0, 0.1) is 0 Å². The van der Waals surface area contributed by atoms with Crippen molar-refractivity contribution in [2.24, 2.45) is 0 Å². The minimum atomic E-state index is -0.450. The molecule has 1 atom stereocenters. The second-order valence-corrected chi connectivity index (χ2v) is 4.89. The van der Waals surface area contributed by atoms with E-state index in [-0.39, 0.29) is 11.9 Å². The Balaban J connectivity index is 2.21. The molecular formula is C12H19N3O2S. The Kier molecular flexibility index (Phi) is 6.38. The van der Waals surface area contributed by atoms with Crippen LogP contribution in [0.25, 0.3) is 0 Å². The zero-order valence-corrected chi connectivity index (χ0v) is 11.5. The molecule has 6 heteroatoms. The lowest BCUT2D eigenvalue weighted by atomic mass is 10.3. The lowest BCUT2D eigenvalue weighted by Gasteiger charge is -2.13. The molecule has 0 bridgehead atoms. The summed E-state index contributed by atoms with van der Waals surface area (Å²) >= 11 is 1.70. The molecule has 0 aliphatic carbocycles. The molecule has 5 nitrogen and oxygen atoms in total. The van der Waals surface area contributed by atoms with Gasteiger partial charge in [0.2, 0.25) is 5.91 Å². The van der Waals surface area contributed by atoms with E-state index in [1.54, 1.807) is 25.2 Å². The van der Waals surface area contributed by atoms with Gasteiger partial charge < -0.3 is 10.6 Å². The van der Waals surface area contributed by atoms with Crippen LogP contribution >= 0.6 is 11.3 Å². The number of hydrogen-bond donors (Lipinski definition) is 3. The van der Waals surface area contributed by atoms with Gasteiger partial charge in [-0.05, 0) is 31.7 Å². The maximum Gasteiger partial charge on any atom is 0.321 e. The normalized spacial score (nSPS) is 11.9. The molecule has 3 amide bonds. The maximum absolute atomic E-state index is 11.6. The van der Waals surface area contributed by atoms with E-state index in [9.17, 15) is 9.59 Å². The molecule has 1 rings (SSSR count). The minimum Gasteiger partial charge on any atom is -0.338 e. The third-order valence-electron chi connectivity index (χ3n) is 2.37. The van der Waals surface area contributed by atoms with Crippen LogP contribution in [0.3, 0.4) is 0 Å². The van der Waals surface area contributed by atoms with Gasteiger partial charge in [0.15, 0.2) is 0 Å². The monoisotopic (exact) mass is 269 g/mol. The summed E-state index contributed by atoms with van der Waals surface area (Å²) in [5.74, 6) is -0.313. The van der Waals surface area contributed by atoms with Crippen LogP contribution in [-0.4, -0.2) is 31.1 Å². The van der Waals surface area contributed by atoms with Gasteiger partial charge in [-0.1, -0.05) is 6.07 Å². The first-order valence-corrected chi connectivity index (χ1v) is 6.86. The summed E-state index contributed by atoms with van der Waals surface area (Å²) in [5, 5.41) is 9.90. The summed E-state index contributed by atoms with van der Waals surface area (Å²) in [4.78, 5) is 24.0. The zero-order valence-electron chi connectivity index (χ0n) is 10.7. The first-order chi connectivity index (χ1) is 8.63. The van der Waals surface area contributed by atoms with Crippen LogP contribution in [0.5, 0.6) is 0 Å². The van der Waals surface area contributed by atoms with Crippen LogP contribution in [0.15, 0.2) is 17.5 Å². The highest BCUT2D eigenvalue weighted by molar-refractivity contribution is 7.09. The lowest BCUT2D eigenvalue weighted by Crippen LogP contribution is -2.48. The van der Waals surface area contributed by atoms with Crippen molar-refractivity contribution in [3.05, 3.63) is 22.4 Å². The Labute approximate surface area is 111 Å². The van der Waals surface area contributed by atoms with E-state index in [0.29, 0.717) is 13.1 Å². The number of hydrogen-bond acceptors (Lipinski definition) is 4. The number of rotatable bonds is 6. The van der Waals surface area contributed by atoms with Crippen molar-refractivity contribution in [2.45, 2.75) is 26.3 Å². The molecule has 0 saturated heterocycles. The SMILES string of the molecule is CCNC(=O)NC(=O)C(C)NCCc1cccs1. The third kappa shape index (κ3) is 5.29. The Hall–Kier alpha value is -1.40. The molecule has 1 aromatic rings. The van der Waals surface area contributed by atoms with Crippen LogP contribution < -0.4 is 16.0 Å². The fraction of sp³-hybridized carbons (Fsp3) is 0.500. The summed E-state index contributed by atoms with van der Waals surface area (Å²) in [6.45, 7) is 4.75. The first-order valence-electron chi connectivity index (χ1n) is 5.98. The molecule has 0 aliphatic heterocycles. The summed E-state index contributed by atoms with van der Waals surface area (Å²) in [5.41, 5.74) is 0. The van der Waals surface area contributed by atoms with Crippen LogP contribution in [-0.2, 0) is 11.2 Å². The number of amides is 3. The largest absolute Gasteiger partial charge is 0.338 e. The number of imide groups is 1. The van der Waals surface area contributed by atoms with Gasteiger partial charge in [-0.3, -0.25) is 10.1 Å². The molecule has 0 aromatic carbocycles. The summed E-state index contributed by atoms with van der Waals surface area (Å²) in [6.07, 6.45) is 0.885. The molecule has 100 valence electrons. The molecule has 3 N–H and O–H groups in total. The Bertz CT molecular complexity index is 379. The highest BCUT2D eigenvalue weighted by atomic mass is 32.1. The van der Waals surface area contributed by atoms with E-state index in [1.807, 2.05) is 11.4 Å². The first kappa shape index (κ1) is 14.7. The van der Waals surface area contributed by atoms with E-state index in [4.69, 9.17) is 0 Å². The minimum absolute atomic E-state index is 0.313. The van der Waals surface area contributed by atoms with E-state index in [2.05, 4.69) is 22.0 Å². The fourth-order valence-corrected chi connectivity index (χ4v) is 2.09. The fourth-order valence-electron chi connectivity index (χ4n) is 1.38. The Morgan fingerprint density at radius 3 is 2.83 bits per heavy atom. The highest BCUT2D eigenvalue weighted by Gasteiger charge is 2.14. The molecule has 1 heterocycles. The van der Waals surface area contributed by atoms with E-state index in [0.717, 1.165) is 6.42 Å². The molecule has 18 heavy (non-hydrogen) atoms. The van der Waals surface area contributed by atoms with Crippen molar-refractivity contribution in [3.63, 3.8) is 0 Å². The van der Waals surface area contributed by atoms with Crippen LogP contribution in [0.2, 0.25) is 0 Å². The Morgan fingerprint density at radius 2 is 2.22 bits per heavy atom. The predicted molar refractivity (Wildman–Crippen MR) is 72.7 cm³/mol. The van der Waals surface area contributed by atoms with Gasteiger partial charge in [-0.15, -0.1) is 11.3 Å². The van der Waals surface area contributed by atoms with Gasteiger partial charge in [-0.2, -0.15) is 0 Å². The molecule has 0 aliphatic rings. The van der Waals surface area contributed by atoms with Gasteiger partial charge >= 0.3 is 6.03 Å². The topological polar surface area (TPSA) is 70.2 Å². The number of carbonyl (C=O) groups is 2. The average molecular weight is 269 g/mol. The molecule has 1 unspecified atom stereocenters. The molecule has 1 aromatic heterocycles. The van der Waals surface area contributed by atoms with Crippen molar-refractivity contribution in [3.8, 4) is 0 Å². The smallest absolute Gasteiger partial charge is 0.321 e. The van der Waals surface area contributed by atoms with Crippen molar-refractivity contribution in [1.82, 2.24) is 16.0 Å². The number of urea groups is 1. The van der Waals surface area contributed by atoms with E-state index in [1.165, 1.54) is 4.88 Å². The van der Waals surface area contributed by atoms with Crippen molar-refractivity contribution >= 4 is 23.3 Å². The van der Waals surface area contributed by atoms with E-state index < -0.39 is 6.03 Å². The summed E-state index contributed by atoms with van der Waals surface area (Å²) in [7, 11) is 0. The van der Waals surface area contributed by atoms with Gasteiger partial charge in [0.25, 0.3) is 0 Å². The van der Waals surface area contributed by atoms with Crippen molar-refractivity contribution in [2.75, 3.05) is 13.1 Å². The van der Waals surface area contributed by atoms with Gasteiger partial charge in [0.05, 0.1) is 6.04 Å². The van der Waals surface area contributed by atoms with Crippen LogP contribution in [0.1, 0.15) is 18.7 Å². The summed E-state index contributed by atoms with van der Waals surface area (Å²) < 4.78 is 0. The highest BCUT2D eigenvalue weighted by Crippen LogP contribution is 2.08. The standard InChI is InChI=1S/C12H19N3O2S/c1-3-13-12(17)15-11(16)9(2)14-7-6-10-5-4-8-18-10/h4-5,8-9,14H,3,6-7H2,1-2H3,(H2,13,15,16,17). The zero-order chi connectivity index (χ0) is 13.4. The Morgan fingerprint density at radius 1 is 1.44 bits per heavy atom. The number of nitrogens with one attached hydrogen (secondary N) is 3. The average Bonchev–Trinajstić information content (AvgIpc) is 2.82. The molecule has 0 spiro atoms. The van der Waals surface area contributed by atoms with Gasteiger partial charge in [0, 0.05) is 18.0 Å². The van der Waals surface area contributed by atoms with Gasteiger partial charge in [0.1, 0.15) is 0 Å². The maximum atomic E-state index is 11.6. The van der Waals surface area contributed by atoms with Gasteiger partial charge in [-0.25, -0.2) is 4.79 Å². The van der Waals surface area contributed by atoms with Crippen molar-refractivity contribution < 1.29 is 9.59 Å². The van der Waals surface area contributed by atoms with E-state index >= 15 is 0 Å². The molecular weight excluding hydrogens is 250 g/mol. The quantitative estimate of drug-likeness (QED) is 0.724. The lowest BCUT2D eigenvalue weighted by molar-refractivity contribution is -0.121. The third-order valence-corrected chi connectivity index (χ3v) is 3.31. The number of carbonyl (C=O) groups excluding carboxylic acids is 2. The van der Waals surface area contributed by atoms with Crippen LogP contribution in [0.4, 0.5) is 4.79 Å². The second kappa shape index (κ2) is 7.84. The molecule has 0 fully saturated rings. The predicted octanol–water partition coefficient (Wildman–Crippen LogP) is 1.11.